The van der Waals surface area contributed by atoms with Crippen molar-refractivity contribution in [3.8, 4) is 5.75 Å². The number of nitrogens with zero attached hydrogens (tertiary/aromatic N) is 1. The summed E-state index contributed by atoms with van der Waals surface area (Å²) in [5, 5.41) is 11.6. The summed E-state index contributed by atoms with van der Waals surface area (Å²) in [4.78, 5) is 28.2. The monoisotopic (exact) mass is 471 g/mol. The molecule has 0 spiro atoms. The average molecular weight is 472 g/mol. The van der Waals surface area contributed by atoms with E-state index in [0.717, 1.165) is 18.2 Å². The van der Waals surface area contributed by atoms with Crippen LogP contribution < -0.4 is 4.74 Å². The van der Waals surface area contributed by atoms with Crippen molar-refractivity contribution in [2.45, 2.75) is 32.4 Å². The predicted octanol–water partition coefficient (Wildman–Crippen LogP) is 5.98. The fourth-order valence-electron chi connectivity index (χ4n) is 4.27. The Morgan fingerprint density at radius 2 is 1.89 bits per heavy atom. The molecule has 5 rings (SSSR count). The van der Waals surface area contributed by atoms with Crippen LogP contribution in [0.4, 0.5) is 0 Å². The largest absolute Gasteiger partial charge is 0.503 e. The highest BCUT2D eigenvalue weighted by Crippen LogP contribution is 2.41. The number of fused-ring (bicyclic) bond motifs is 1. The van der Waals surface area contributed by atoms with Crippen LogP contribution in [0, 0.1) is 0 Å². The Hall–Kier alpha value is -4.26. The molecule has 35 heavy (non-hydrogen) atoms. The number of benzene rings is 2. The molecule has 0 saturated heterocycles. The summed E-state index contributed by atoms with van der Waals surface area (Å²) in [6.07, 6.45) is 3.49. The lowest BCUT2D eigenvalue weighted by Crippen LogP contribution is -2.30. The molecule has 2 aromatic carbocycles. The molecule has 7 nitrogen and oxygen atoms in total. The molecule has 0 saturated carbocycles. The molecule has 0 fully saturated rings. The van der Waals surface area contributed by atoms with Crippen molar-refractivity contribution < 1.29 is 28.3 Å². The van der Waals surface area contributed by atoms with E-state index in [9.17, 15) is 14.7 Å². The van der Waals surface area contributed by atoms with Crippen LogP contribution in [-0.4, -0.2) is 28.3 Å². The standard InChI is InChI=1S/C28H25NO6/c1-2-3-14-33-20-12-10-18(11-13-20)25-24(26(30)23-16-19-7-4-5-9-22(19)35-23)27(31)28(32)29(25)17-21-8-6-15-34-21/h4-13,15-16,25,31H,2-3,14,17H2,1H3. The summed E-state index contributed by atoms with van der Waals surface area (Å²) in [6.45, 7) is 2.79. The van der Waals surface area contributed by atoms with Gasteiger partial charge in [-0.1, -0.05) is 43.7 Å². The van der Waals surface area contributed by atoms with Gasteiger partial charge in [-0.3, -0.25) is 9.59 Å². The third-order valence-electron chi connectivity index (χ3n) is 6.07. The van der Waals surface area contributed by atoms with E-state index in [1.807, 2.05) is 18.2 Å². The fraction of sp³-hybridized carbons (Fsp3) is 0.214. The zero-order valence-electron chi connectivity index (χ0n) is 19.3. The number of Topliss-reactive ketones (excluding diaryl/α,β-unsaturated/α-hetero) is 1. The summed E-state index contributed by atoms with van der Waals surface area (Å²) in [6, 6.07) is 18.7. The van der Waals surface area contributed by atoms with Crippen LogP contribution in [0.15, 0.2) is 93.2 Å². The minimum absolute atomic E-state index is 0.0275. The van der Waals surface area contributed by atoms with E-state index in [0.29, 0.717) is 29.3 Å². The number of para-hydroxylation sites is 1. The number of ether oxygens (including phenoxy) is 1. The van der Waals surface area contributed by atoms with Crippen molar-refractivity contribution in [3.05, 3.63) is 101 Å². The number of furan rings is 2. The van der Waals surface area contributed by atoms with Gasteiger partial charge in [-0.05, 0) is 48.4 Å². The van der Waals surface area contributed by atoms with Gasteiger partial charge < -0.3 is 23.6 Å². The van der Waals surface area contributed by atoms with Crippen LogP contribution in [0.25, 0.3) is 11.0 Å². The average Bonchev–Trinajstić information content (AvgIpc) is 3.60. The molecule has 3 heterocycles. The molecule has 1 aliphatic rings. The van der Waals surface area contributed by atoms with Crippen molar-refractivity contribution in [2.75, 3.05) is 6.61 Å². The summed E-state index contributed by atoms with van der Waals surface area (Å²) >= 11 is 0. The van der Waals surface area contributed by atoms with E-state index >= 15 is 0 Å². The van der Waals surface area contributed by atoms with E-state index in [-0.39, 0.29) is 17.9 Å². The van der Waals surface area contributed by atoms with Crippen molar-refractivity contribution in [3.63, 3.8) is 0 Å². The third-order valence-corrected chi connectivity index (χ3v) is 6.07. The maximum absolute atomic E-state index is 13.6. The molecule has 1 aliphatic heterocycles. The molecular formula is C28H25NO6. The predicted molar refractivity (Wildman–Crippen MR) is 129 cm³/mol. The quantitative estimate of drug-likeness (QED) is 0.238. The highest BCUT2D eigenvalue weighted by molar-refractivity contribution is 6.16. The second-order valence-corrected chi connectivity index (χ2v) is 8.43. The van der Waals surface area contributed by atoms with Crippen LogP contribution in [0.5, 0.6) is 5.75 Å². The first-order chi connectivity index (χ1) is 17.1. The van der Waals surface area contributed by atoms with E-state index in [1.54, 1.807) is 48.5 Å². The lowest BCUT2D eigenvalue weighted by molar-refractivity contribution is -0.130. The number of carbonyl (C=O) groups is 2. The molecule has 1 atom stereocenters. The summed E-state index contributed by atoms with van der Waals surface area (Å²) in [5.74, 6) is -0.479. The van der Waals surface area contributed by atoms with Gasteiger partial charge in [0.25, 0.3) is 5.91 Å². The van der Waals surface area contributed by atoms with Gasteiger partial charge in [0.05, 0.1) is 31.0 Å². The van der Waals surface area contributed by atoms with Gasteiger partial charge in [0.15, 0.2) is 11.5 Å². The molecule has 1 N–H and O–H groups in total. The number of amides is 1. The normalized spacial score (nSPS) is 15.9. The van der Waals surface area contributed by atoms with Gasteiger partial charge in [0.1, 0.15) is 17.1 Å². The highest BCUT2D eigenvalue weighted by Gasteiger charge is 2.44. The summed E-state index contributed by atoms with van der Waals surface area (Å²) < 4.78 is 17.0. The number of rotatable bonds is 9. The van der Waals surface area contributed by atoms with Crippen LogP contribution in [-0.2, 0) is 11.3 Å². The van der Waals surface area contributed by atoms with Crippen LogP contribution >= 0.6 is 0 Å². The third kappa shape index (κ3) is 4.33. The molecular weight excluding hydrogens is 446 g/mol. The number of aliphatic hydroxyl groups excluding tert-OH is 1. The number of hydrogen-bond donors (Lipinski definition) is 1. The van der Waals surface area contributed by atoms with Crippen LogP contribution in [0.2, 0.25) is 0 Å². The number of unbranched alkanes of at least 4 members (excludes halogenated alkanes) is 1. The maximum Gasteiger partial charge on any atom is 0.290 e. The van der Waals surface area contributed by atoms with Gasteiger partial charge in [0.2, 0.25) is 5.78 Å². The molecule has 0 radical (unpaired) electrons. The van der Waals surface area contributed by atoms with Gasteiger partial charge in [-0.15, -0.1) is 0 Å². The molecule has 2 aromatic heterocycles. The topological polar surface area (TPSA) is 93.1 Å². The van der Waals surface area contributed by atoms with Crippen LogP contribution in [0.1, 0.15) is 47.7 Å². The molecule has 0 bridgehead atoms. The first kappa shape index (κ1) is 22.5. The number of ketones is 1. The molecule has 1 amide bonds. The van der Waals surface area contributed by atoms with Crippen molar-refractivity contribution in [1.82, 2.24) is 4.90 Å². The summed E-state index contributed by atoms with van der Waals surface area (Å²) in [7, 11) is 0. The van der Waals surface area contributed by atoms with Gasteiger partial charge >= 0.3 is 0 Å². The second-order valence-electron chi connectivity index (χ2n) is 8.43. The maximum atomic E-state index is 13.6. The molecule has 4 aromatic rings. The first-order valence-corrected chi connectivity index (χ1v) is 11.6. The zero-order valence-corrected chi connectivity index (χ0v) is 19.3. The fourth-order valence-corrected chi connectivity index (χ4v) is 4.27. The Morgan fingerprint density at radius 3 is 2.60 bits per heavy atom. The second kappa shape index (κ2) is 9.54. The molecule has 7 heteroatoms. The SMILES string of the molecule is CCCCOc1ccc(C2C(C(=O)c3cc4ccccc4o3)=C(O)C(=O)N2Cc2ccco2)cc1. The lowest BCUT2D eigenvalue weighted by Gasteiger charge is -2.26. The molecule has 1 unspecified atom stereocenters. The smallest absolute Gasteiger partial charge is 0.290 e. The first-order valence-electron chi connectivity index (χ1n) is 11.6. The van der Waals surface area contributed by atoms with Crippen molar-refractivity contribution in [1.29, 1.82) is 0 Å². The van der Waals surface area contributed by atoms with Gasteiger partial charge in [0, 0.05) is 5.39 Å². The number of hydrogen-bond acceptors (Lipinski definition) is 6. The molecule has 178 valence electrons. The van der Waals surface area contributed by atoms with Crippen LogP contribution in [0.3, 0.4) is 0 Å². The van der Waals surface area contributed by atoms with Gasteiger partial charge in [-0.2, -0.15) is 0 Å². The Kier molecular flexibility index (Phi) is 6.14. The van der Waals surface area contributed by atoms with E-state index in [2.05, 4.69) is 6.92 Å². The Morgan fingerprint density at radius 1 is 1.09 bits per heavy atom. The lowest BCUT2D eigenvalue weighted by atomic mass is 9.95. The number of aliphatic hydroxyl groups is 1. The van der Waals surface area contributed by atoms with E-state index in [1.165, 1.54) is 11.2 Å². The number of carbonyl (C=O) groups excluding carboxylic acids is 2. The minimum atomic E-state index is -0.821. The van der Waals surface area contributed by atoms with Gasteiger partial charge in [-0.25, -0.2) is 0 Å². The van der Waals surface area contributed by atoms with E-state index < -0.39 is 23.5 Å². The van der Waals surface area contributed by atoms with Crippen molar-refractivity contribution in [2.24, 2.45) is 0 Å². The van der Waals surface area contributed by atoms with E-state index in [4.69, 9.17) is 13.6 Å². The Labute approximate surface area is 202 Å². The highest BCUT2D eigenvalue weighted by atomic mass is 16.5. The Bertz CT molecular complexity index is 1350. The minimum Gasteiger partial charge on any atom is -0.503 e. The molecule has 0 aliphatic carbocycles. The summed E-state index contributed by atoms with van der Waals surface area (Å²) in [5.41, 5.74) is 1.19. The zero-order chi connectivity index (χ0) is 24.4. The Balaban J connectivity index is 1.52. The van der Waals surface area contributed by atoms with Crippen molar-refractivity contribution >= 4 is 22.7 Å².